The molecule has 2 atom stereocenters. The van der Waals surface area contributed by atoms with Crippen LogP contribution >= 0.6 is 0 Å². The van der Waals surface area contributed by atoms with Crippen molar-refractivity contribution in [3.05, 3.63) is 35.9 Å². The molecule has 0 unspecified atom stereocenters. The number of rotatable bonds is 9. The third-order valence-corrected chi connectivity index (χ3v) is 5.02. The summed E-state index contributed by atoms with van der Waals surface area (Å²) in [6.45, 7) is 0.400. The lowest BCUT2D eigenvalue weighted by atomic mass is 10.0. The van der Waals surface area contributed by atoms with Crippen LogP contribution in [-0.4, -0.2) is 57.8 Å². The molecule has 1 aromatic rings. The molecule has 0 radical (unpaired) electrons. The Labute approximate surface area is 154 Å². The summed E-state index contributed by atoms with van der Waals surface area (Å²) in [7, 11) is -2.31. The second-order valence-corrected chi connectivity index (χ2v) is 8.12. The fraction of sp³-hybridized carbons (Fsp3) is 0.556. The van der Waals surface area contributed by atoms with E-state index >= 15 is 0 Å². The highest BCUT2D eigenvalue weighted by Gasteiger charge is 2.40. The molecule has 1 fully saturated rings. The Morgan fingerprint density at radius 2 is 1.96 bits per heavy atom. The van der Waals surface area contributed by atoms with Crippen molar-refractivity contribution in [2.75, 3.05) is 26.5 Å². The van der Waals surface area contributed by atoms with Gasteiger partial charge in [-0.3, -0.25) is 13.8 Å². The zero-order valence-corrected chi connectivity index (χ0v) is 15.9. The van der Waals surface area contributed by atoms with Gasteiger partial charge in [0.25, 0.3) is 10.1 Å². The Kier molecular flexibility index (Phi) is 7.16. The molecule has 7 nitrogen and oxygen atoms in total. The number of carbonyl (C=O) groups excluding carboxylic acids is 2. The van der Waals surface area contributed by atoms with Crippen LogP contribution in [0.4, 0.5) is 0 Å². The van der Waals surface area contributed by atoms with Crippen molar-refractivity contribution >= 4 is 22.0 Å². The molecular formula is C18H25NO6S. The number of ether oxygens (including phenoxy) is 1. The van der Waals surface area contributed by atoms with Gasteiger partial charge in [-0.05, 0) is 24.8 Å². The first kappa shape index (κ1) is 20.4. The van der Waals surface area contributed by atoms with Crippen molar-refractivity contribution in [3.8, 4) is 0 Å². The van der Waals surface area contributed by atoms with E-state index in [2.05, 4.69) is 4.74 Å². The smallest absolute Gasteiger partial charge is 0.306 e. The van der Waals surface area contributed by atoms with Gasteiger partial charge in [-0.2, -0.15) is 8.42 Å². The average Bonchev–Trinajstić information content (AvgIpc) is 2.89. The van der Waals surface area contributed by atoms with Crippen molar-refractivity contribution in [2.45, 2.75) is 31.7 Å². The predicted octanol–water partition coefficient (Wildman–Crippen LogP) is 1.38. The first-order chi connectivity index (χ1) is 12.3. The van der Waals surface area contributed by atoms with Gasteiger partial charge < -0.3 is 9.64 Å². The van der Waals surface area contributed by atoms with Crippen LogP contribution in [0.2, 0.25) is 0 Å². The number of nitrogens with zero attached hydrogens (tertiary/aromatic N) is 1. The van der Waals surface area contributed by atoms with Crippen molar-refractivity contribution in [1.29, 1.82) is 0 Å². The van der Waals surface area contributed by atoms with Gasteiger partial charge in [0, 0.05) is 6.54 Å². The monoisotopic (exact) mass is 383 g/mol. The molecule has 1 aliphatic rings. The normalized spacial score (nSPS) is 20.4. The van der Waals surface area contributed by atoms with Crippen LogP contribution in [0.25, 0.3) is 0 Å². The highest BCUT2D eigenvalue weighted by atomic mass is 32.2. The summed E-state index contributed by atoms with van der Waals surface area (Å²) in [5, 5.41) is 0. The van der Waals surface area contributed by atoms with Gasteiger partial charge in [-0.15, -0.1) is 0 Å². The van der Waals surface area contributed by atoms with E-state index in [0.29, 0.717) is 13.0 Å². The fourth-order valence-electron chi connectivity index (χ4n) is 3.18. The van der Waals surface area contributed by atoms with Crippen LogP contribution in [0.15, 0.2) is 30.3 Å². The Balaban J connectivity index is 1.99. The highest BCUT2D eigenvalue weighted by molar-refractivity contribution is 7.85. The van der Waals surface area contributed by atoms with Gasteiger partial charge in [-0.25, -0.2) is 0 Å². The van der Waals surface area contributed by atoms with Crippen molar-refractivity contribution in [2.24, 2.45) is 5.92 Å². The van der Waals surface area contributed by atoms with Gasteiger partial charge >= 0.3 is 5.97 Å². The maximum atomic E-state index is 12.6. The lowest BCUT2D eigenvalue weighted by molar-refractivity contribution is -0.144. The topological polar surface area (TPSA) is 90.0 Å². The van der Waals surface area contributed by atoms with E-state index in [1.807, 2.05) is 30.3 Å². The van der Waals surface area contributed by atoms with Gasteiger partial charge in [-0.1, -0.05) is 30.3 Å². The second kappa shape index (κ2) is 9.14. The van der Waals surface area contributed by atoms with E-state index in [4.69, 9.17) is 4.18 Å². The minimum atomic E-state index is -3.59. The number of benzene rings is 1. The molecule has 0 aliphatic carbocycles. The maximum Gasteiger partial charge on any atom is 0.306 e. The Morgan fingerprint density at radius 1 is 1.27 bits per heavy atom. The first-order valence-electron chi connectivity index (χ1n) is 8.56. The molecule has 1 amide bonds. The molecule has 0 aromatic heterocycles. The Bertz CT molecular complexity index is 718. The SMILES string of the molecule is COC(=O)C[C@@H]1C[C@@H](COS(C)(=O)=O)N(CCCc2ccccc2)C1=O. The molecule has 2 rings (SSSR count). The third kappa shape index (κ3) is 6.10. The lowest BCUT2D eigenvalue weighted by Gasteiger charge is -2.24. The van der Waals surface area contributed by atoms with Crippen LogP contribution in [0.3, 0.4) is 0 Å². The van der Waals surface area contributed by atoms with Crippen molar-refractivity contribution < 1.29 is 26.9 Å². The minimum absolute atomic E-state index is 0.000106. The molecule has 8 heteroatoms. The van der Waals surface area contributed by atoms with E-state index in [1.165, 1.54) is 12.7 Å². The Morgan fingerprint density at radius 3 is 2.58 bits per heavy atom. The molecule has 0 saturated carbocycles. The van der Waals surface area contributed by atoms with Crippen molar-refractivity contribution in [3.63, 3.8) is 0 Å². The number of aryl methyl sites for hydroxylation is 1. The zero-order chi connectivity index (χ0) is 19.2. The summed E-state index contributed by atoms with van der Waals surface area (Å²) in [5.41, 5.74) is 1.18. The fourth-order valence-corrected chi connectivity index (χ4v) is 3.58. The minimum Gasteiger partial charge on any atom is -0.469 e. The summed E-state index contributed by atoms with van der Waals surface area (Å²) >= 11 is 0. The first-order valence-corrected chi connectivity index (χ1v) is 10.4. The molecule has 0 bridgehead atoms. The van der Waals surface area contributed by atoms with Crippen LogP contribution in [0.5, 0.6) is 0 Å². The van der Waals surface area contributed by atoms with Crippen LogP contribution in [-0.2, 0) is 35.0 Å². The lowest BCUT2D eigenvalue weighted by Crippen LogP contribution is -2.38. The summed E-state index contributed by atoms with van der Waals surface area (Å²) in [5.74, 6) is -1.09. The van der Waals surface area contributed by atoms with E-state index in [1.54, 1.807) is 4.90 Å². The quantitative estimate of drug-likeness (QED) is 0.473. The highest BCUT2D eigenvalue weighted by Crippen LogP contribution is 2.28. The average molecular weight is 383 g/mol. The predicted molar refractivity (Wildman–Crippen MR) is 95.8 cm³/mol. The van der Waals surface area contributed by atoms with Gasteiger partial charge in [0.2, 0.25) is 5.91 Å². The van der Waals surface area contributed by atoms with Crippen LogP contribution < -0.4 is 0 Å². The largest absolute Gasteiger partial charge is 0.469 e. The molecule has 0 spiro atoms. The van der Waals surface area contributed by atoms with Gasteiger partial charge in [0.15, 0.2) is 0 Å². The van der Waals surface area contributed by atoms with E-state index in [9.17, 15) is 18.0 Å². The van der Waals surface area contributed by atoms with E-state index < -0.39 is 22.0 Å². The molecule has 1 saturated heterocycles. The molecule has 144 valence electrons. The molecular weight excluding hydrogens is 358 g/mol. The van der Waals surface area contributed by atoms with Crippen LogP contribution in [0.1, 0.15) is 24.8 Å². The number of amides is 1. The van der Waals surface area contributed by atoms with Crippen molar-refractivity contribution in [1.82, 2.24) is 4.90 Å². The number of esters is 1. The number of hydrogen-bond donors (Lipinski definition) is 0. The summed E-state index contributed by atoms with van der Waals surface area (Å²) in [6, 6.07) is 9.56. The number of carbonyl (C=O) groups is 2. The zero-order valence-electron chi connectivity index (χ0n) is 15.1. The Hall–Kier alpha value is -1.93. The van der Waals surface area contributed by atoms with E-state index in [0.717, 1.165) is 19.1 Å². The van der Waals surface area contributed by atoms with Gasteiger partial charge in [0.1, 0.15) is 0 Å². The molecule has 26 heavy (non-hydrogen) atoms. The van der Waals surface area contributed by atoms with E-state index in [-0.39, 0.29) is 25.0 Å². The number of methoxy groups -OCH3 is 1. The maximum absolute atomic E-state index is 12.6. The number of likely N-dealkylation sites (tertiary alicyclic amines) is 1. The van der Waals surface area contributed by atoms with Crippen LogP contribution in [0, 0.1) is 5.92 Å². The second-order valence-electron chi connectivity index (χ2n) is 6.48. The molecule has 1 heterocycles. The summed E-state index contributed by atoms with van der Waals surface area (Å²) in [4.78, 5) is 25.8. The third-order valence-electron chi connectivity index (χ3n) is 4.45. The molecule has 1 aromatic carbocycles. The summed E-state index contributed by atoms with van der Waals surface area (Å²) < 4.78 is 32.1. The number of hydrogen-bond acceptors (Lipinski definition) is 6. The molecule has 1 aliphatic heterocycles. The standard InChI is InChI=1S/C18H25NO6S/c1-24-17(20)12-15-11-16(13-25-26(2,22)23)19(18(15)21)10-6-9-14-7-4-3-5-8-14/h3-5,7-8,15-16H,6,9-13H2,1-2H3/t15-,16-/m0/s1. The summed E-state index contributed by atoms with van der Waals surface area (Å²) in [6.07, 6.45) is 2.92. The molecule has 0 N–H and O–H groups in total. The van der Waals surface area contributed by atoms with Gasteiger partial charge in [0.05, 0.1) is 38.4 Å².